The Bertz CT molecular complexity index is 441. The molecule has 0 aromatic heterocycles. The van der Waals surface area contributed by atoms with Crippen molar-refractivity contribution in [2.45, 2.75) is 25.2 Å². The Hall–Kier alpha value is -1.84. The zero-order valence-corrected chi connectivity index (χ0v) is 11.0. The van der Waals surface area contributed by atoms with Gasteiger partial charge in [-0.1, -0.05) is 30.3 Å². The molecular formula is C15H18O4. The van der Waals surface area contributed by atoms with Gasteiger partial charge in [0.15, 0.2) is 0 Å². The van der Waals surface area contributed by atoms with Gasteiger partial charge in [-0.3, -0.25) is 9.59 Å². The van der Waals surface area contributed by atoms with Crippen LogP contribution in [0.3, 0.4) is 0 Å². The van der Waals surface area contributed by atoms with Gasteiger partial charge in [0.25, 0.3) is 0 Å². The van der Waals surface area contributed by atoms with Crippen LogP contribution >= 0.6 is 0 Å². The lowest BCUT2D eigenvalue weighted by molar-refractivity contribution is -0.154. The van der Waals surface area contributed by atoms with E-state index in [2.05, 4.69) is 0 Å². The van der Waals surface area contributed by atoms with Crippen LogP contribution < -0.4 is 0 Å². The van der Waals surface area contributed by atoms with Crippen molar-refractivity contribution >= 4 is 11.9 Å². The van der Waals surface area contributed by atoms with E-state index < -0.39 is 0 Å². The van der Waals surface area contributed by atoms with E-state index in [0.29, 0.717) is 6.61 Å². The maximum absolute atomic E-state index is 11.9. The Morgan fingerprint density at radius 2 is 2.16 bits per heavy atom. The first-order valence-corrected chi connectivity index (χ1v) is 6.50. The van der Waals surface area contributed by atoms with Gasteiger partial charge in [-0.05, 0) is 18.4 Å². The summed E-state index contributed by atoms with van der Waals surface area (Å²) in [4.78, 5) is 23.5. The molecule has 1 aromatic carbocycles. The number of ether oxygens (including phenoxy) is 2. The van der Waals surface area contributed by atoms with Crippen LogP contribution in [-0.2, 0) is 19.1 Å². The summed E-state index contributed by atoms with van der Waals surface area (Å²) in [5.41, 5.74) is 0.983. The van der Waals surface area contributed by atoms with Crippen molar-refractivity contribution in [3.05, 3.63) is 35.9 Å². The van der Waals surface area contributed by atoms with Crippen molar-refractivity contribution in [3.63, 3.8) is 0 Å². The summed E-state index contributed by atoms with van der Waals surface area (Å²) in [5, 5.41) is 0. The molecule has 0 bridgehead atoms. The fourth-order valence-electron chi connectivity index (χ4n) is 2.52. The number of carbonyl (C=O) groups is 2. The van der Waals surface area contributed by atoms with Crippen molar-refractivity contribution in [1.82, 2.24) is 0 Å². The van der Waals surface area contributed by atoms with E-state index in [1.54, 1.807) is 0 Å². The van der Waals surface area contributed by atoms with E-state index in [4.69, 9.17) is 9.47 Å². The lowest BCUT2D eigenvalue weighted by atomic mass is 9.80. The summed E-state index contributed by atoms with van der Waals surface area (Å²) in [5.74, 6) is -0.923. The van der Waals surface area contributed by atoms with E-state index in [9.17, 15) is 9.59 Å². The summed E-state index contributed by atoms with van der Waals surface area (Å²) >= 11 is 0. The average Bonchev–Trinajstić information content (AvgIpc) is 2.46. The van der Waals surface area contributed by atoms with Gasteiger partial charge in [0.1, 0.15) is 0 Å². The van der Waals surface area contributed by atoms with Crippen molar-refractivity contribution in [1.29, 1.82) is 0 Å². The molecule has 1 heterocycles. The molecule has 1 saturated heterocycles. The van der Waals surface area contributed by atoms with Gasteiger partial charge < -0.3 is 9.47 Å². The third-order valence-electron chi connectivity index (χ3n) is 3.53. The number of carbonyl (C=O) groups excluding carboxylic acids is 2. The molecule has 4 heteroatoms. The molecule has 1 fully saturated rings. The molecule has 0 aliphatic carbocycles. The van der Waals surface area contributed by atoms with Crippen molar-refractivity contribution in [3.8, 4) is 0 Å². The van der Waals surface area contributed by atoms with Crippen molar-refractivity contribution < 1.29 is 19.1 Å². The van der Waals surface area contributed by atoms with Crippen LogP contribution in [0.5, 0.6) is 0 Å². The minimum atomic E-state index is -0.299. The van der Waals surface area contributed by atoms with E-state index in [0.717, 1.165) is 18.4 Å². The molecule has 19 heavy (non-hydrogen) atoms. The largest absolute Gasteiger partial charge is 0.469 e. The third-order valence-corrected chi connectivity index (χ3v) is 3.53. The minimum Gasteiger partial charge on any atom is -0.469 e. The first kappa shape index (κ1) is 13.6. The van der Waals surface area contributed by atoms with Gasteiger partial charge >= 0.3 is 11.9 Å². The van der Waals surface area contributed by atoms with Gasteiger partial charge in [-0.2, -0.15) is 0 Å². The standard InChI is InChI=1S/C15H18O4/c1-18-14(16)10-13(11-6-3-2-4-7-11)12-8-5-9-19-15(12)17/h2-4,6-7,12-13H,5,8-10H2,1H3/t12-,13-/m1/s1. The predicted molar refractivity (Wildman–Crippen MR) is 69.5 cm³/mol. The molecule has 0 unspecified atom stereocenters. The summed E-state index contributed by atoms with van der Waals surface area (Å²) in [7, 11) is 1.36. The zero-order valence-electron chi connectivity index (χ0n) is 11.0. The van der Waals surface area contributed by atoms with Gasteiger partial charge in [0.2, 0.25) is 0 Å². The molecular weight excluding hydrogens is 244 g/mol. The van der Waals surface area contributed by atoms with Crippen LogP contribution in [0, 0.1) is 5.92 Å². The second-order valence-electron chi connectivity index (χ2n) is 4.71. The first-order valence-electron chi connectivity index (χ1n) is 6.50. The lowest BCUT2D eigenvalue weighted by Crippen LogP contribution is -2.30. The number of esters is 2. The second kappa shape index (κ2) is 6.36. The lowest BCUT2D eigenvalue weighted by Gasteiger charge is -2.28. The average molecular weight is 262 g/mol. The van der Waals surface area contributed by atoms with E-state index in [1.807, 2.05) is 30.3 Å². The van der Waals surface area contributed by atoms with Crippen LogP contribution in [0.15, 0.2) is 30.3 Å². The summed E-state index contributed by atoms with van der Waals surface area (Å²) in [6.07, 6.45) is 1.82. The summed E-state index contributed by atoms with van der Waals surface area (Å²) in [6, 6.07) is 9.62. The van der Waals surface area contributed by atoms with Crippen LogP contribution in [0.1, 0.15) is 30.7 Å². The molecule has 0 saturated carbocycles. The molecule has 0 N–H and O–H groups in total. The molecule has 0 amide bonds. The Kier molecular flexibility index (Phi) is 4.55. The fraction of sp³-hybridized carbons (Fsp3) is 0.467. The van der Waals surface area contributed by atoms with Crippen LogP contribution in [0.4, 0.5) is 0 Å². The van der Waals surface area contributed by atoms with E-state index in [-0.39, 0.29) is 30.2 Å². The smallest absolute Gasteiger partial charge is 0.309 e. The molecule has 2 atom stereocenters. The highest BCUT2D eigenvalue weighted by atomic mass is 16.5. The van der Waals surface area contributed by atoms with Gasteiger partial charge in [-0.25, -0.2) is 0 Å². The van der Waals surface area contributed by atoms with E-state index >= 15 is 0 Å². The molecule has 1 aromatic rings. The van der Waals surface area contributed by atoms with Crippen molar-refractivity contribution in [2.24, 2.45) is 5.92 Å². The Morgan fingerprint density at radius 1 is 1.42 bits per heavy atom. The number of hydrogen-bond donors (Lipinski definition) is 0. The number of cyclic esters (lactones) is 1. The van der Waals surface area contributed by atoms with Crippen LogP contribution in [-0.4, -0.2) is 25.7 Å². The van der Waals surface area contributed by atoms with Crippen LogP contribution in [0.25, 0.3) is 0 Å². The van der Waals surface area contributed by atoms with Gasteiger partial charge in [0, 0.05) is 5.92 Å². The normalized spacial score (nSPS) is 20.5. The topological polar surface area (TPSA) is 52.6 Å². The van der Waals surface area contributed by atoms with Gasteiger partial charge in [0.05, 0.1) is 26.1 Å². The number of rotatable bonds is 4. The molecule has 1 aliphatic rings. The Balaban J connectivity index is 2.23. The maximum Gasteiger partial charge on any atom is 0.309 e. The number of benzene rings is 1. The highest BCUT2D eigenvalue weighted by Crippen LogP contribution is 2.34. The third kappa shape index (κ3) is 3.34. The van der Waals surface area contributed by atoms with Crippen LogP contribution in [0.2, 0.25) is 0 Å². The number of methoxy groups -OCH3 is 1. The Labute approximate surface area is 112 Å². The SMILES string of the molecule is COC(=O)C[C@H](c1ccccc1)[C@H]1CCCOC1=O. The van der Waals surface area contributed by atoms with Crippen molar-refractivity contribution in [2.75, 3.05) is 13.7 Å². The minimum absolute atomic E-state index is 0.165. The Morgan fingerprint density at radius 3 is 2.79 bits per heavy atom. The highest BCUT2D eigenvalue weighted by Gasteiger charge is 2.34. The van der Waals surface area contributed by atoms with E-state index in [1.165, 1.54) is 7.11 Å². The highest BCUT2D eigenvalue weighted by molar-refractivity contribution is 5.77. The first-order chi connectivity index (χ1) is 9.22. The zero-order chi connectivity index (χ0) is 13.7. The van der Waals surface area contributed by atoms with Gasteiger partial charge in [-0.15, -0.1) is 0 Å². The molecule has 4 nitrogen and oxygen atoms in total. The second-order valence-corrected chi connectivity index (χ2v) is 4.71. The predicted octanol–water partition coefficient (Wildman–Crippen LogP) is 2.29. The monoisotopic (exact) mass is 262 g/mol. The maximum atomic E-state index is 11.9. The molecule has 2 rings (SSSR count). The summed E-state index contributed by atoms with van der Waals surface area (Å²) in [6.45, 7) is 0.481. The molecule has 102 valence electrons. The quantitative estimate of drug-likeness (QED) is 0.781. The molecule has 1 aliphatic heterocycles. The fourth-order valence-corrected chi connectivity index (χ4v) is 2.52. The number of hydrogen-bond acceptors (Lipinski definition) is 4. The summed E-state index contributed by atoms with van der Waals surface area (Å²) < 4.78 is 9.85. The molecule has 0 radical (unpaired) electrons. The molecule has 0 spiro atoms.